The summed E-state index contributed by atoms with van der Waals surface area (Å²) in [5, 5.41) is 4.20. The first-order valence-electron chi connectivity index (χ1n) is 8.73. The fourth-order valence-corrected chi connectivity index (χ4v) is 4.11. The molecule has 27 heavy (non-hydrogen) atoms. The van der Waals surface area contributed by atoms with Crippen molar-refractivity contribution in [2.75, 3.05) is 17.8 Å². The van der Waals surface area contributed by atoms with Crippen LogP contribution in [0.25, 0.3) is 0 Å². The molecule has 0 aliphatic rings. The van der Waals surface area contributed by atoms with Crippen LogP contribution in [0.2, 0.25) is 0 Å². The van der Waals surface area contributed by atoms with Gasteiger partial charge in [-0.15, -0.1) is 0 Å². The zero-order valence-electron chi connectivity index (χ0n) is 15.5. The van der Waals surface area contributed by atoms with Crippen LogP contribution in [0.5, 0.6) is 5.75 Å². The van der Waals surface area contributed by atoms with E-state index in [1.807, 2.05) is 31.2 Å². The minimum atomic E-state index is -3.20. The third kappa shape index (κ3) is 5.34. The van der Waals surface area contributed by atoms with E-state index in [2.05, 4.69) is 33.9 Å². The molecular weight excluding hydrogens is 378 g/mol. The van der Waals surface area contributed by atoms with Crippen LogP contribution in [0.3, 0.4) is 0 Å². The van der Waals surface area contributed by atoms with Gasteiger partial charge in [0.25, 0.3) is 0 Å². The molecule has 0 fully saturated rings. The van der Waals surface area contributed by atoms with Crippen LogP contribution in [0.15, 0.2) is 70.3 Å². The van der Waals surface area contributed by atoms with Crippen LogP contribution >= 0.6 is 11.3 Å². The van der Waals surface area contributed by atoms with E-state index in [1.165, 1.54) is 17.4 Å². The first-order valence-corrected chi connectivity index (χ1v) is 11.6. The molecule has 0 bridgehead atoms. The van der Waals surface area contributed by atoms with Crippen molar-refractivity contribution in [3.05, 3.63) is 76.5 Å². The van der Waals surface area contributed by atoms with Gasteiger partial charge in [0.15, 0.2) is 9.84 Å². The summed E-state index contributed by atoms with van der Waals surface area (Å²) < 4.78 is 29.0. The summed E-state index contributed by atoms with van der Waals surface area (Å²) in [6.45, 7) is 4.10. The van der Waals surface area contributed by atoms with Crippen molar-refractivity contribution in [1.82, 2.24) is 0 Å². The van der Waals surface area contributed by atoms with E-state index in [4.69, 9.17) is 4.74 Å². The Kier molecular flexibility index (Phi) is 6.19. The molecule has 0 radical (unpaired) electrons. The second kappa shape index (κ2) is 8.59. The predicted molar refractivity (Wildman–Crippen MR) is 111 cm³/mol. The van der Waals surface area contributed by atoms with Crippen LogP contribution in [0.4, 0.5) is 5.69 Å². The van der Waals surface area contributed by atoms with Crippen LogP contribution < -0.4 is 9.64 Å². The lowest BCUT2D eigenvalue weighted by atomic mass is 10.1. The first-order chi connectivity index (χ1) is 13.0. The monoisotopic (exact) mass is 401 g/mol. The van der Waals surface area contributed by atoms with Gasteiger partial charge in [-0.25, -0.2) is 8.42 Å². The van der Waals surface area contributed by atoms with Crippen LogP contribution in [-0.2, 0) is 22.9 Å². The summed E-state index contributed by atoms with van der Waals surface area (Å²) in [5.41, 5.74) is 3.39. The molecule has 2 aromatic carbocycles. The molecule has 142 valence electrons. The third-order valence-electron chi connectivity index (χ3n) is 4.19. The van der Waals surface area contributed by atoms with E-state index >= 15 is 0 Å². The van der Waals surface area contributed by atoms with Gasteiger partial charge in [-0.2, -0.15) is 11.3 Å². The lowest BCUT2D eigenvalue weighted by molar-refractivity contribution is 0.340. The fourth-order valence-electron chi connectivity index (χ4n) is 2.82. The molecule has 0 N–H and O–H groups in total. The molecular formula is C21H23NO3S2. The minimum Gasteiger partial charge on any atom is -0.494 e. The Labute approximate surface area is 165 Å². The standard InChI is InChI=1S/C21H23NO3S2/c1-3-25-20-8-4-17(5-9-20)14-22(15-18-12-13-26-16-18)19-6-10-21(11-7-19)27(2,23)24/h4-13,16H,3,14-15H2,1-2H3. The van der Waals surface area contributed by atoms with Gasteiger partial charge in [-0.1, -0.05) is 12.1 Å². The van der Waals surface area contributed by atoms with Gasteiger partial charge in [0.05, 0.1) is 11.5 Å². The summed E-state index contributed by atoms with van der Waals surface area (Å²) in [7, 11) is -3.20. The lowest BCUT2D eigenvalue weighted by Crippen LogP contribution is -2.21. The summed E-state index contributed by atoms with van der Waals surface area (Å²) in [4.78, 5) is 2.58. The van der Waals surface area contributed by atoms with Crippen molar-refractivity contribution < 1.29 is 13.2 Å². The van der Waals surface area contributed by atoms with E-state index in [9.17, 15) is 8.42 Å². The molecule has 0 saturated carbocycles. The maximum absolute atomic E-state index is 11.7. The van der Waals surface area contributed by atoms with Gasteiger partial charge < -0.3 is 9.64 Å². The Morgan fingerprint density at radius 2 is 1.59 bits per heavy atom. The number of hydrogen-bond donors (Lipinski definition) is 0. The molecule has 4 nitrogen and oxygen atoms in total. The lowest BCUT2D eigenvalue weighted by Gasteiger charge is -2.25. The largest absolute Gasteiger partial charge is 0.494 e. The molecule has 0 saturated heterocycles. The van der Waals surface area contributed by atoms with Crippen LogP contribution in [-0.4, -0.2) is 21.3 Å². The van der Waals surface area contributed by atoms with Gasteiger partial charge >= 0.3 is 0 Å². The molecule has 3 rings (SSSR count). The molecule has 0 aliphatic heterocycles. The highest BCUT2D eigenvalue weighted by Crippen LogP contribution is 2.24. The fraction of sp³-hybridized carbons (Fsp3) is 0.238. The highest BCUT2D eigenvalue weighted by molar-refractivity contribution is 7.90. The highest BCUT2D eigenvalue weighted by Gasteiger charge is 2.12. The molecule has 1 heterocycles. The van der Waals surface area contributed by atoms with E-state index in [0.717, 1.165) is 24.5 Å². The topological polar surface area (TPSA) is 46.6 Å². The number of rotatable bonds is 8. The Balaban J connectivity index is 1.84. The number of benzene rings is 2. The highest BCUT2D eigenvalue weighted by atomic mass is 32.2. The second-order valence-corrected chi connectivity index (χ2v) is 9.13. The Hall–Kier alpha value is -2.31. The summed E-state index contributed by atoms with van der Waals surface area (Å²) in [6, 6.07) is 17.3. The molecule has 3 aromatic rings. The zero-order valence-corrected chi connectivity index (χ0v) is 17.1. The molecule has 6 heteroatoms. The van der Waals surface area contributed by atoms with Crippen molar-refractivity contribution in [2.45, 2.75) is 24.9 Å². The van der Waals surface area contributed by atoms with Gasteiger partial charge in [0, 0.05) is 25.0 Å². The van der Waals surface area contributed by atoms with Gasteiger partial charge in [0.1, 0.15) is 5.75 Å². The first kappa shape index (κ1) is 19.5. The SMILES string of the molecule is CCOc1ccc(CN(Cc2ccsc2)c2ccc(S(C)(=O)=O)cc2)cc1. The smallest absolute Gasteiger partial charge is 0.175 e. The van der Waals surface area contributed by atoms with Crippen molar-refractivity contribution in [2.24, 2.45) is 0 Å². The van der Waals surface area contributed by atoms with Crippen molar-refractivity contribution in [3.63, 3.8) is 0 Å². The normalized spacial score (nSPS) is 11.3. The van der Waals surface area contributed by atoms with Crippen molar-refractivity contribution in [1.29, 1.82) is 0 Å². The zero-order chi connectivity index (χ0) is 19.3. The molecule has 0 aliphatic carbocycles. The van der Waals surface area contributed by atoms with Crippen LogP contribution in [0, 0.1) is 0 Å². The van der Waals surface area contributed by atoms with E-state index in [0.29, 0.717) is 11.5 Å². The number of ether oxygens (including phenoxy) is 1. The number of sulfone groups is 1. The third-order valence-corrected chi connectivity index (χ3v) is 6.05. The van der Waals surface area contributed by atoms with Gasteiger partial charge in [-0.05, 0) is 71.3 Å². The minimum absolute atomic E-state index is 0.336. The molecule has 0 atom stereocenters. The molecule has 0 amide bonds. The molecule has 1 aromatic heterocycles. The number of hydrogen-bond acceptors (Lipinski definition) is 5. The summed E-state index contributed by atoms with van der Waals surface area (Å²) >= 11 is 1.67. The Morgan fingerprint density at radius 1 is 0.926 bits per heavy atom. The maximum Gasteiger partial charge on any atom is 0.175 e. The summed E-state index contributed by atoms with van der Waals surface area (Å²) in [5.74, 6) is 0.864. The van der Waals surface area contributed by atoms with Crippen molar-refractivity contribution >= 4 is 26.9 Å². The predicted octanol–water partition coefficient (Wildman–Crippen LogP) is 4.76. The molecule has 0 spiro atoms. The Bertz CT molecular complexity index is 948. The van der Waals surface area contributed by atoms with Gasteiger partial charge in [-0.3, -0.25) is 0 Å². The maximum atomic E-state index is 11.7. The average molecular weight is 402 g/mol. The number of thiophene rings is 1. The van der Waals surface area contributed by atoms with E-state index in [-0.39, 0.29) is 0 Å². The van der Waals surface area contributed by atoms with Gasteiger partial charge in [0.2, 0.25) is 0 Å². The van der Waals surface area contributed by atoms with E-state index < -0.39 is 9.84 Å². The van der Waals surface area contributed by atoms with Crippen molar-refractivity contribution in [3.8, 4) is 5.75 Å². The van der Waals surface area contributed by atoms with E-state index in [1.54, 1.807) is 23.5 Å². The number of nitrogens with zero attached hydrogens (tertiary/aromatic N) is 1. The van der Waals surface area contributed by atoms with Crippen LogP contribution in [0.1, 0.15) is 18.1 Å². The summed E-state index contributed by atoms with van der Waals surface area (Å²) in [6.07, 6.45) is 1.23. The number of anilines is 1. The second-order valence-electron chi connectivity index (χ2n) is 6.33. The quantitative estimate of drug-likeness (QED) is 0.546. The Morgan fingerprint density at radius 3 is 2.15 bits per heavy atom. The average Bonchev–Trinajstić information content (AvgIpc) is 3.15. The molecule has 0 unspecified atom stereocenters.